The largest absolute Gasteiger partial charge is 0.458 e. The van der Waals surface area contributed by atoms with Gasteiger partial charge in [0.15, 0.2) is 0 Å². The number of aromatic nitrogens is 1. The molecule has 6 nitrogen and oxygen atoms in total. The number of ether oxygens (including phenoxy) is 1. The molecule has 1 atom stereocenters. The molecule has 0 aliphatic carbocycles. The highest BCUT2D eigenvalue weighted by atomic mass is 32.2. The predicted molar refractivity (Wildman–Crippen MR) is 124 cm³/mol. The maximum atomic E-state index is 12.6. The second kappa shape index (κ2) is 10.5. The quantitative estimate of drug-likeness (QED) is 0.480. The van der Waals surface area contributed by atoms with Gasteiger partial charge < -0.3 is 4.74 Å². The van der Waals surface area contributed by atoms with Gasteiger partial charge in [-0.1, -0.05) is 74.5 Å². The number of thiazole rings is 1. The minimum absolute atomic E-state index is 0.0209. The van der Waals surface area contributed by atoms with E-state index < -0.39 is 22.0 Å². The first-order valence-electron chi connectivity index (χ1n) is 9.76. The van der Waals surface area contributed by atoms with Crippen LogP contribution in [0.5, 0.6) is 0 Å². The molecule has 2 aromatic carbocycles. The van der Waals surface area contributed by atoms with Crippen LogP contribution in [0.15, 0.2) is 71.5 Å². The van der Waals surface area contributed by atoms with E-state index in [0.29, 0.717) is 5.69 Å². The van der Waals surface area contributed by atoms with Gasteiger partial charge in [0.05, 0.1) is 5.69 Å². The number of sulfonamides is 1. The first kappa shape index (κ1) is 22.9. The molecule has 0 saturated carbocycles. The minimum Gasteiger partial charge on any atom is -0.458 e. The highest BCUT2D eigenvalue weighted by molar-refractivity contribution is 7.92. The van der Waals surface area contributed by atoms with Crippen molar-refractivity contribution in [2.45, 2.75) is 26.5 Å². The molecule has 0 saturated heterocycles. The molecule has 31 heavy (non-hydrogen) atoms. The summed E-state index contributed by atoms with van der Waals surface area (Å²) < 4.78 is 32.7. The van der Waals surface area contributed by atoms with Crippen molar-refractivity contribution in [2.75, 3.05) is 0 Å². The molecule has 162 valence electrons. The monoisotopic (exact) mass is 456 g/mol. The number of esters is 1. The SMILES string of the molecule is CC(C)C(NS(=O)(=O)C=Cc1ccccc1)C(=O)OCc1csc(-c2ccccc2)n1. The number of hydrogen-bond donors (Lipinski definition) is 1. The highest BCUT2D eigenvalue weighted by Crippen LogP contribution is 2.23. The van der Waals surface area contributed by atoms with Crippen molar-refractivity contribution in [3.63, 3.8) is 0 Å². The Bertz CT molecular complexity index is 1120. The van der Waals surface area contributed by atoms with Gasteiger partial charge in [0.2, 0.25) is 10.0 Å². The molecule has 3 aromatic rings. The third kappa shape index (κ3) is 6.85. The fourth-order valence-electron chi connectivity index (χ4n) is 2.73. The Morgan fingerprint density at radius 2 is 1.74 bits per heavy atom. The van der Waals surface area contributed by atoms with E-state index in [1.165, 1.54) is 17.4 Å². The normalized spacial score (nSPS) is 12.9. The zero-order chi connectivity index (χ0) is 22.3. The standard InChI is InChI=1S/C23H24N2O4S2/c1-17(2)21(25-31(27,28)14-13-18-9-5-3-6-10-18)23(26)29-15-20-16-30-22(24-20)19-11-7-4-8-12-19/h3-14,16-17,21,25H,15H2,1-2H3. The van der Waals surface area contributed by atoms with Crippen molar-refractivity contribution in [2.24, 2.45) is 5.92 Å². The maximum Gasteiger partial charge on any atom is 0.324 e. The van der Waals surface area contributed by atoms with Crippen LogP contribution in [0.25, 0.3) is 16.6 Å². The smallest absolute Gasteiger partial charge is 0.324 e. The summed E-state index contributed by atoms with van der Waals surface area (Å²) in [7, 11) is -3.83. The first-order chi connectivity index (χ1) is 14.8. The topological polar surface area (TPSA) is 85.4 Å². The van der Waals surface area contributed by atoms with E-state index in [2.05, 4.69) is 9.71 Å². The van der Waals surface area contributed by atoms with Crippen LogP contribution in [0.3, 0.4) is 0 Å². The van der Waals surface area contributed by atoms with Crippen LogP contribution in [-0.4, -0.2) is 25.4 Å². The zero-order valence-corrected chi connectivity index (χ0v) is 18.9. The molecule has 1 N–H and O–H groups in total. The van der Waals surface area contributed by atoms with Gasteiger partial charge in [-0.3, -0.25) is 4.79 Å². The Morgan fingerprint density at radius 1 is 1.10 bits per heavy atom. The summed E-state index contributed by atoms with van der Waals surface area (Å²) in [6, 6.07) is 17.8. The van der Waals surface area contributed by atoms with E-state index in [1.807, 2.05) is 53.9 Å². The van der Waals surface area contributed by atoms with Crippen molar-refractivity contribution in [1.29, 1.82) is 0 Å². The van der Waals surface area contributed by atoms with Gasteiger partial charge in [-0.05, 0) is 17.6 Å². The van der Waals surface area contributed by atoms with E-state index in [9.17, 15) is 13.2 Å². The molecule has 1 unspecified atom stereocenters. The van der Waals surface area contributed by atoms with Crippen LogP contribution in [0.2, 0.25) is 0 Å². The number of hydrogen-bond acceptors (Lipinski definition) is 6. The van der Waals surface area contributed by atoms with Gasteiger partial charge >= 0.3 is 5.97 Å². The Hall–Kier alpha value is -2.81. The van der Waals surface area contributed by atoms with Crippen molar-refractivity contribution < 1.29 is 17.9 Å². The molecule has 1 heterocycles. The molecule has 0 radical (unpaired) electrons. The van der Waals surface area contributed by atoms with Crippen LogP contribution in [0, 0.1) is 5.92 Å². The summed E-state index contributed by atoms with van der Waals surface area (Å²) in [6.07, 6.45) is 1.48. The Kier molecular flexibility index (Phi) is 7.73. The van der Waals surface area contributed by atoms with Crippen LogP contribution >= 0.6 is 11.3 Å². The molecular formula is C23H24N2O4S2. The van der Waals surface area contributed by atoms with Crippen LogP contribution in [0.1, 0.15) is 25.1 Å². The van der Waals surface area contributed by atoms with Gasteiger partial charge in [0, 0.05) is 16.4 Å². The third-order valence-corrected chi connectivity index (χ3v) is 6.40. The summed E-state index contributed by atoms with van der Waals surface area (Å²) in [5, 5.41) is 3.71. The number of nitrogens with zero attached hydrogens (tertiary/aromatic N) is 1. The van der Waals surface area contributed by atoms with Crippen LogP contribution in [0.4, 0.5) is 0 Å². The Morgan fingerprint density at radius 3 is 2.39 bits per heavy atom. The average molecular weight is 457 g/mol. The zero-order valence-electron chi connectivity index (χ0n) is 17.3. The minimum atomic E-state index is -3.83. The fourth-order valence-corrected chi connectivity index (χ4v) is 4.67. The Labute approximate surface area is 186 Å². The van der Waals surface area contributed by atoms with Crippen molar-refractivity contribution in [1.82, 2.24) is 9.71 Å². The lowest BCUT2D eigenvalue weighted by Crippen LogP contribution is -2.44. The second-order valence-electron chi connectivity index (χ2n) is 7.22. The van der Waals surface area contributed by atoms with E-state index >= 15 is 0 Å². The summed E-state index contributed by atoms with van der Waals surface area (Å²) in [6.45, 7) is 3.49. The molecule has 1 aromatic heterocycles. The van der Waals surface area contributed by atoms with Gasteiger partial charge in [-0.15, -0.1) is 11.3 Å². The molecule has 0 spiro atoms. The molecule has 0 aliphatic rings. The number of carbonyl (C=O) groups excluding carboxylic acids is 1. The predicted octanol–water partition coefficient (Wildman–Crippen LogP) is 4.47. The van der Waals surface area contributed by atoms with E-state index in [-0.39, 0.29) is 12.5 Å². The van der Waals surface area contributed by atoms with Crippen molar-refractivity contribution in [3.05, 3.63) is 82.7 Å². The van der Waals surface area contributed by atoms with Crippen LogP contribution in [-0.2, 0) is 26.2 Å². The first-order valence-corrected chi connectivity index (χ1v) is 12.2. The molecule has 0 aliphatic heterocycles. The fraction of sp³-hybridized carbons (Fsp3) is 0.217. The lowest BCUT2D eigenvalue weighted by atomic mass is 10.1. The van der Waals surface area contributed by atoms with E-state index in [0.717, 1.165) is 21.5 Å². The number of benzene rings is 2. The molecule has 0 amide bonds. The summed E-state index contributed by atoms with van der Waals surface area (Å²) >= 11 is 1.46. The maximum absolute atomic E-state index is 12.6. The molecule has 0 fully saturated rings. The molecule has 8 heteroatoms. The Balaban J connectivity index is 1.61. The van der Waals surface area contributed by atoms with Gasteiger partial charge in [-0.25, -0.2) is 13.4 Å². The van der Waals surface area contributed by atoms with Crippen molar-refractivity contribution in [3.8, 4) is 10.6 Å². The van der Waals surface area contributed by atoms with Gasteiger partial charge in [0.1, 0.15) is 17.7 Å². The second-order valence-corrected chi connectivity index (χ2v) is 9.67. The van der Waals surface area contributed by atoms with Crippen LogP contribution < -0.4 is 4.72 Å². The molecule has 3 rings (SSSR count). The van der Waals surface area contributed by atoms with E-state index in [4.69, 9.17) is 4.74 Å². The number of nitrogens with one attached hydrogen (secondary N) is 1. The average Bonchev–Trinajstić information content (AvgIpc) is 3.25. The highest BCUT2D eigenvalue weighted by Gasteiger charge is 2.28. The van der Waals surface area contributed by atoms with E-state index in [1.54, 1.807) is 26.0 Å². The summed E-state index contributed by atoms with van der Waals surface area (Å²) in [5.41, 5.74) is 2.35. The van der Waals surface area contributed by atoms with Gasteiger partial charge in [-0.2, -0.15) is 4.72 Å². The van der Waals surface area contributed by atoms with Crippen molar-refractivity contribution >= 4 is 33.4 Å². The lowest BCUT2D eigenvalue weighted by molar-refractivity contribution is -0.148. The summed E-state index contributed by atoms with van der Waals surface area (Å²) in [4.78, 5) is 17.1. The lowest BCUT2D eigenvalue weighted by Gasteiger charge is -2.19. The van der Waals surface area contributed by atoms with Gasteiger partial charge in [0.25, 0.3) is 0 Å². The molecule has 0 bridgehead atoms. The summed E-state index contributed by atoms with van der Waals surface area (Å²) in [5.74, 6) is -0.927. The number of carbonyl (C=O) groups is 1. The number of rotatable bonds is 9. The third-order valence-electron chi connectivity index (χ3n) is 4.39. The molecular weight excluding hydrogens is 432 g/mol.